The van der Waals surface area contributed by atoms with Crippen molar-refractivity contribution in [1.82, 2.24) is 4.57 Å². The van der Waals surface area contributed by atoms with Gasteiger partial charge in [-0.15, -0.1) is 11.3 Å². The van der Waals surface area contributed by atoms with Gasteiger partial charge in [0.2, 0.25) is 0 Å². The maximum absolute atomic E-state index is 5.79. The highest BCUT2D eigenvalue weighted by atomic mass is 79.9. The Morgan fingerprint density at radius 3 is 2.45 bits per heavy atom. The predicted octanol–water partition coefficient (Wildman–Crippen LogP) is 4.17. The second-order valence-electron chi connectivity index (χ2n) is 4.80. The average Bonchev–Trinajstić information content (AvgIpc) is 2.92. The van der Waals surface area contributed by atoms with Crippen LogP contribution in [0.4, 0.5) is 5.69 Å². The average molecular weight is 374 g/mol. The fraction of sp³-hybridized carbons (Fsp3) is 0.118. The normalized spacial score (nSPS) is 11.8. The zero-order chi connectivity index (χ0) is 15.4. The number of benzene rings is 2. The number of hydrogen-bond donors (Lipinski definition) is 1. The lowest BCUT2D eigenvalue weighted by atomic mass is 10.2. The van der Waals surface area contributed by atoms with Crippen molar-refractivity contribution >= 4 is 33.0 Å². The van der Waals surface area contributed by atoms with Gasteiger partial charge in [0.15, 0.2) is 4.80 Å². The van der Waals surface area contributed by atoms with Gasteiger partial charge in [-0.05, 0) is 29.8 Å². The highest BCUT2D eigenvalue weighted by Gasteiger charge is 2.07. The number of para-hydroxylation sites is 1. The molecule has 2 aromatic carbocycles. The number of rotatable bonds is 4. The molecule has 112 valence electrons. The third-order valence-corrected chi connectivity index (χ3v) is 4.66. The van der Waals surface area contributed by atoms with Crippen LogP contribution in [0, 0.1) is 0 Å². The molecule has 22 heavy (non-hydrogen) atoms. The van der Waals surface area contributed by atoms with Gasteiger partial charge in [-0.25, -0.2) is 4.99 Å². The Morgan fingerprint density at radius 2 is 1.77 bits per heavy atom. The van der Waals surface area contributed by atoms with E-state index in [-0.39, 0.29) is 0 Å². The molecule has 0 saturated heterocycles. The van der Waals surface area contributed by atoms with Crippen molar-refractivity contribution in [2.24, 2.45) is 10.7 Å². The molecule has 3 rings (SSSR count). The molecule has 0 aliphatic rings. The summed E-state index contributed by atoms with van der Waals surface area (Å²) in [6, 6.07) is 18.3. The molecule has 2 N–H and O–H groups in total. The third-order valence-electron chi connectivity index (χ3n) is 3.27. The van der Waals surface area contributed by atoms with E-state index in [9.17, 15) is 0 Å². The smallest absolute Gasteiger partial charge is 0.190 e. The standard InChI is InChI=1S/C17H16BrN3S/c18-14-8-6-13(7-9-14)16-12-22-17(21(16)11-10-19)20-15-4-2-1-3-5-15/h1-9,12H,10-11,19H2. The van der Waals surface area contributed by atoms with Crippen LogP contribution in [0.2, 0.25) is 0 Å². The minimum Gasteiger partial charge on any atom is -0.329 e. The molecule has 5 heteroatoms. The van der Waals surface area contributed by atoms with Gasteiger partial charge < -0.3 is 10.3 Å². The van der Waals surface area contributed by atoms with Crippen molar-refractivity contribution in [1.29, 1.82) is 0 Å². The summed E-state index contributed by atoms with van der Waals surface area (Å²) in [5.74, 6) is 0. The molecular weight excluding hydrogens is 358 g/mol. The van der Waals surface area contributed by atoms with Crippen molar-refractivity contribution in [3.8, 4) is 11.3 Å². The number of thiazole rings is 1. The molecule has 0 radical (unpaired) electrons. The van der Waals surface area contributed by atoms with Crippen molar-refractivity contribution in [2.75, 3.05) is 6.54 Å². The molecule has 0 saturated carbocycles. The first-order valence-electron chi connectivity index (χ1n) is 7.02. The van der Waals surface area contributed by atoms with E-state index in [4.69, 9.17) is 10.7 Å². The van der Waals surface area contributed by atoms with E-state index in [1.165, 1.54) is 5.56 Å². The molecule has 3 aromatic rings. The Balaban J connectivity index is 2.09. The van der Waals surface area contributed by atoms with E-state index in [0.29, 0.717) is 6.54 Å². The Morgan fingerprint density at radius 1 is 1.05 bits per heavy atom. The summed E-state index contributed by atoms with van der Waals surface area (Å²) in [5.41, 5.74) is 9.06. The summed E-state index contributed by atoms with van der Waals surface area (Å²) in [4.78, 5) is 5.71. The molecular formula is C17H16BrN3S. The molecule has 0 fully saturated rings. The first-order valence-corrected chi connectivity index (χ1v) is 8.69. The third kappa shape index (κ3) is 3.38. The summed E-state index contributed by atoms with van der Waals surface area (Å²) in [7, 11) is 0. The SMILES string of the molecule is NCCn1c(-c2ccc(Br)cc2)csc1=Nc1ccccc1. The Bertz CT molecular complexity index is 804. The van der Waals surface area contributed by atoms with E-state index >= 15 is 0 Å². The zero-order valence-corrected chi connectivity index (χ0v) is 14.3. The van der Waals surface area contributed by atoms with Crippen LogP contribution in [-0.4, -0.2) is 11.1 Å². The second-order valence-corrected chi connectivity index (χ2v) is 6.55. The lowest BCUT2D eigenvalue weighted by molar-refractivity contribution is 0.695. The Hall–Kier alpha value is -1.69. The monoisotopic (exact) mass is 373 g/mol. The van der Waals surface area contributed by atoms with Crippen molar-refractivity contribution < 1.29 is 0 Å². The highest BCUT2D eigenvalue weighted by molar-refractivity contribution is 9.10. The van der Waals surface area contributed by atoms with Crippen molar-refractivity contribution in [2.45, 2.75) is 6.54 Å². The van der Waals surface area contributed by atoms with Crippen molar-refractivity contribution in [3.05, 3.63) is 69.3 Å². The van der Waals surface area contributed by atoms with Crippen LogP contribution in [0.1, 0.15) is 0 Å². The maximum atomic E-state index is 5.79. The summed E-state index contributed by atoms with van der Waals surface area (Å²) in [6.45, 7) is 1.34. The number of aromatic nitrogens is 1. The molecule has 0 aliphatic carbocycles. The fourth-order valence-corrected chi connectivity index (χ4v) is 3.45. The van der Waals surface area contributed by atoms with E-state index in [1.807, 2.05) is 42.5 Å². The van der Waals surface area contributed by atoms with Crippen LogP contribution < -0.4 is 10.5 Å². The van der Waals surface area contributed by atoms with Crippen molar-refractivity contribution in [3.63, 3.8) is 0 Å². The van der Waals surface area contributed by atoms with Gasteiger partial charge in [-0.3, -0.25) is 0 Å². The first kappa shape index (κ1) is 15.2. The number of nitrogens with zero attached hydrogens (tertiary/aromatic N) is 2. The minimum absolute atomic E-state index is 0.586. The van der Waals surface area contributed by atoms with E-state index in [1.54, 1.807) is 11.3 Å². The van der Waals surface area contributed by atoms with Crippen LogP contribution >= 0.6 is 27.3 Å². The molecule has 0 bridgehead atoms. The molecule has 1 aromatic heterocycles. The molecule has 0 spiro atoms. The van der Waals surface area contributed by atoms with Crippen LogP contribution in [0.15, 0.2) is 69.4 Å². The van der Waals surface area contributed by atoms with Gasteiger partial charge in [0.1, 0.15) is 0 Å². The van der Waals surface area contributed by atoms with E-state index in [0.717, 1.165) is 27.2 Å². The fourth-order valence-electron chi connectivity index (χ4n) is 2.23. The van der Waals surface area contributed by atoms with Crippen LogP contribution in [-0.2, 0) is 6.54 Å². The largest absolute Gasteiger partial charge is 0.329 e. The molecule has 0 amide bonds. The molecule has 0 aliphatic heterocycles. The van der Waals surface area contributed by atoms with E-state index in [2.05, 4.69) is 38.0 Å². The van der Waals surface area contributed by atoms with Crippen LogP contribution in [0.5, 0.6) is 0 Å². The van der Waals surface area contributed by atoms with Gasteiger partial charge in [0.25, 0.3) is 0 Å². The summed E-state index contributed by atoms with van der Waals surface area (Å²) in [6.07, 6.45) is 0. The van der Waals surface area contributed by atoms with Crippen LogP contribution in [0.25, 0.3) is 11.3 Å². The Labute approximate surface area is 141 Å². The maximum Gasteiger partial charge on any atom is 0.190 e. The summed E-state index contributed by atoms with van der Waals surface area (Å²) >= 11 is 5.11. The number of halogens is 1. The first-order chi connectivity index (χ1) is 10.8. The topological polar surface area (TPSA) is 43.3 Å². The minimum atomic E-state index is 0.586. The second kappa shape index (κ2) is 7.05. The number of hydrogen-bond acceptors (Lipinski definition) is 3. The summed E-state index contributed by atoms with van der Waals surface area (Å²) < 4.78 is 3.26. The summed E-state index contributed by atoms with van der Waals surface area (Å²) in [5, 5.41) is 2.14. The zero-order valence-electron chi connectivity index (χ0n) is 11.9. The predicted molar refractivity (Wildman–Crippen MR) is 96.2 cm³/mol. The van der Waals surface area contributed by atoms with E-state index < -0.39 is 0 Å². The highest BCUT2D eigenvalue weighted by Crippen LogP contribution is 2.22. The van der Waals surface area contributed by atoms with Gasteiger partial charge >= 0.3 is 0 Å². The Kier molecular flexibility index (Phi) is 4.87. The number of nitrogens with two attached hydrogens (primary N) is 1. The molecule has 0 unspecified atom stereocenters. The molecule has 0 atom stereocenters. The van der Waals surface area contributed by atoms with Crippen LogP contribution in [0.3, 0.4) is 0 Å². The van der Waals surface area contributed by atoms with Gasteiger partial charge in [0, 0.05) is 22.9 Å². The quantitative estimate of drug-likeness (QED) is 0.732. The lowest BCUT2D eigenvalue weighted by Gasteiger charge is -2.07. The lowest BCUT2D eigenvalue weighted by Crippen LogP contribution is -2.20. The molecule has 3 nitrogen and oxygen atoms in total. The van der Waals surface area contributed by atoms with Gasteiger partial charge in [-0.2, -0.15) is 0 Å². The van der Waals surface area contributed by atoms with Gasteiger partial charge in [0.05, 0.1) is 11.4 Å². The molecule has 1 heterocycles. The van der Waals surface area contributed by atoms with Gasteiger partial charge in [-0.1, -0.05) is 46.3 Å².